The molecule has 2 rings (SSSR count). The van der Waals surface area contributed by atoms with E-state index in [1.807, 2.05) is 12.3 Å². The van der Waals surface area contributed by atoms with Crippen LogP contribution in [0.5, 0.6) is 0 Å². The third kappa shape index (κ3) is 2.38. The molecule has 0 fully saturated rings. The van der Waals surface area contributed by atoms with E-state index in [4.69, 9.17) is 28.3 Å². The van der Waals surface area contributed by atoms with Crippen LogP contribution in [-0.4, -0.2) is 21.3 Å². The first-order chi connectivity index (χ1) is 7.70. The molecule has 84 valence electrons. The molecule has 5 heteroatoms. The van der Waals surface area contributed by atoms with Gasteiger partial charge in [0.25, 0.3) is 0 Å². The first-order valence-electron chi connectivity index (χ1n) is 4.79. The van der Waals surface area contributed by atoms with Crippen LogP contribution in [0.25, 0.3) is 11.3 Å². The molecule has 0 radical (unpaired) electrons. The Bertz CT molecular complexity index is 496. The Balaban J connectivity index is 2.35. The summed E-state index contributed by atoms with van der Waals surface area (Å²) in [6.07, 6.45) is 3.50. The number of aromatic nitrogens is 2. The predicted octanol–water partition coefficient (Wildman–Crippen LogP) is 2.85. The number of hydrogen-bond donors (Lipinski definition) is 1. The maximum absolute atomic E-state index is 8.80. The van der Waals surface area contributed by atoms with Crippen LogP contribution in [0.3, 0.4) is 0 Å². The fraction of sp³-hybridized carbons (Fsp3) is 0.182. The minimum atomic E-state index is 0.0875. The van der Waals surface area contributed by atoms with Gasteiger partial charge in [-0.3, -0.25) is 0 Å². The van der Waals surface area contributed by atoms with Crippen LogP contribution in [0, 0.1) is 0 Å². The van der Waals surface area contributed by atoms with E-state index in [-0.39, 0.29) is 6.61 Å². The van der Waals surface area contributed by atoms with Crippen LogP contribution in [0.2, 0.25) is 10.0 Å². The average Bonchev–Trinajstić information content (AvgIpc) is 2.67. The highest BCUT2D eigenvalue weighted by molar-refractivity contribution is 6.36. The highest BCUT2D eigenvalue weighted by Gasteiger charge is 2.07. The fourth-order valence-corrected chi connectivity index (χ4v) is 1.94. The number of imidazole rings is 1. The van der Waals surface area contributed by atoms with E-state index in [1.165, 1.54) is 0 Å². The van der Waals surface area contributed by atoms with Gasteiger partial charge in [0.2, 0.25) is 0 Å². The smallest absolute Gasteiger partial charge is 0.0954 e. The van der Waals surface area contributed by atoms with Crippen molar-refractivity contribution in [2.75, 3.05) is 6.61 Å². The Morgan fingerprint density at radius 1 is 1.31 bits per heavy atom. The zero-order valence-corrected chi connectivity index (χ0v) is 9.91. The van der Waals surface area contributed by atoms with Gasteiger partial charge in [-0.05, 0) is 18.2 Å². The summed E-state index contributed by atoms with van der Waals surface area (Å²) < 4.78 is 1.81. The second kappa shape index (κ2) is 4.87. The van der Waals surface area contributed by atoms with Crippen molar-refractivity contribution in [3.05, 3.63) is 40.8 Å². The molecule has 0 bridgehead atoms. The first-order valence-corrected chi connectivity index (χ1v) is 5.54. The molecule has 0 aliphatic carbocycles. The summed E-state index contributed by atoms with van der Waals surface area (Å²) in [6, 6.07) is 5.29. The second-order valence-corrected chi connectivity index (χ2v) is 4.19. The molecule has 1 aromatic heterocycles. The molecule has 1 N–H and O–H groups in total. The van der Waals surface area contributed by atoms with Crippen molar-refractivity contribution in [3.63, 3.8) is 0 Å². The van der Waals surface area contributed by atoms with Gasteiger partial charge in [0.05, 0.1) is 23.7 Å². The van der Waals surface area contributed by atoms with Crippen molar-refractivity contribution >= 4 is 23.2 Å². The molecule has 0 saturated heterocycles. The lowest BCUT2D eigenvalue weighted by Gasteiger charge is -2.00. The standard InChI is InChI=1S/C11H10Cl2N2O/c12-8-1-2-9(10(13)5-8)11-6-15(3-4-16)7-14-11/h1-2,5-7,16H,3-4H2. The highest BCUT2D eigenvalue weighted by Crippen LogP contribution is 2.28. The van der Waals surface area contributed by atoms with Crippen LogP contribution in [0.15, 0.2) is 30.7 Å². The number of benzene rings is 1. The van der Waals surface area contributed by atoms with Gasteiger partial charge in [0.15, 0.2) is 0 Å². The number of rotatable bonds is 3. The molecular weight excluding hydrogens is 247 g/mol. The summed E-state index contributed by atoms with van der Waals surface area (Å²) >= 11 is 11.9. The SMILES string of the molecule is OCCn1cnc(-c2ccc(Cl)cc2Cl)c1. The summed E-state index contributed by atoms with van der Waals surface area (Å²) in [5.41, 5.74) is 1.61. The molecule has 3 nitrogen and oxygen atoms in total. The Morgan fingerprint density at radius 2 is 2.12 bits per heavy atom. The van der Waals surface area contributed by atoms with Gasteiger partial charge in [-0.15, -0.1) is 0 Å². The van der Waals surface area contributed by atoms with Crippen LogP contribution < -0.4 is 0 Å². The summed E-state index contributed by atoms with van der Waals surface area (Å²) in [7, 11) is 0. The van der Waals surface area contributed by atoms with E-state index in [1.54, 1.807) is 23.0 Å². The Kier molecular flexibility index (Phi) is 3.49. The number of aliphatic hydroxyl groups is 1. The number of hydrogen-bond acceptors (Lipinski definition) is 2. The third-order valence-electron chi connectivity index (χ3n) is 2.20. The number of halogens is 2. The van der Waals surface area contributed by atoms with Crippen molar-refractivity contribution in [1.29, 1.82) is 0 Å². The van der Waals surface area contributed by atoms with Crippen molar-refractivity contribution in [2.45, 2.75) is 6.54 Å². The van der Waals surface area contributed by atoms with Crippen molar-refractivity contribution in [1.82, 2.24) is 9.55 Å². The Labute approximate surface area is 103 Å². The molecule has 1 aromatic carbocycles. The monoisotopic (exact) mass is 256 g/mol. The van der Waals surface area contributed by atoms with Crippen LogP contribution in [0.4, 0.5) is 0 Å². The molecule has 0 saturated carbocycles. The minimum absolute atomic E-state index is 0.0875. The fourth-order valence-electron chi connectivity index (χ4n) is 1.43. The van der Waals surface area contributed by atoms with E-state index in [2.05, 4.69) is 4.98 Å². The lowest BCUT2D eigenvalue weighted by molar-refractivity contribution is 0.276. The van der Waals surface area contributed by atoms with Crippen molar-refractivity contribution in [2.24, 2.45) is 0 Å². The van der Waals surface area contributed by atoms with E-state index in [9.17, 15) is 0 Å². The van der Waals surface area contributed by atoms with Gasteiger partial charge in [0.1, 0.15) is 0 Å². The molecule has 0 spiro atoms. The normalized spacial score (nSPS) is 10.7. The summed E-state index contributed by atoms with van der Waals surface area (Å²) in [5.74, 6) is 0. The quantitative estimate of drug-likeness (QED) is 0.918. The van der Waals surface area contributed by atoms with Gasteiger partial charge in [-0.25, -0.2) is 4.98 Å². The van der Waals surface area contributed by atoms with Gasteiger partial charge < -0.3 is 9.67 Å². The zero-order chi connectivity index (χ0) is 11.5. The Hall–Kier alpha value is -1.03. The second-order valence-electron chi connectivity index (χ2n) is 3.34. The van der Waals surface area contributed by atoms with Gasteiger partial charge >= 0.3 is 0 Å². The van der Waals surface area contributed by atoms with E-state index < -0.39 is 0 Å². The molecule has 0 aliphatic heterocycles. The first kappa shape index (κ1) is 11.5. The van der Waals surface area contributed by atoms with E-state index in [0.29, 0.717) is 16.6 Å². The van der Waals surface area contributed by atoms with E-state index >= 15 is 0 Å². The van der Waals surface area contributed by atoms with Gasteiger partial charge in [-0.1, -0.05) is 23.2 Å². The molecular formula is C11H10Cl2N2O. The average molecular weight is 257 g/mol. The zero-order valence-electron chi connectivity index (χ0n) is 8.40. The predicted molar refractivity (Wildman–Crippen MR) is 64.8 cm³/mol. The maximum Gasteiger partial charge on any atom is 0.0954 e. The molecule has 0 atom stereocenters. The lowest BCUT2D eigenvalue weighted by Crippen LogP contribution is -1.97. The number of nitrogens with zero attached hydrogens (tertiary/aromatic N) is 2. The molecule has 0 aliphatic rings. The summed E-state index contributed by atoms with van der Waals surface area (Å²) in [4.78, 5) is 4.22. The maximum atomic E-state index is 8.80. The lowest BCUT2D eigenvalue weighted by atomic mass is 10.2. The van der Waals surface area contributed by atoms with Gasteiger partial charge in [-0.2, -0.15) is 0 Å². The molecule has 16 heavy (non-hydrogen) atoms. The van der Waals surface area contributed by atoms with Crippen LogP contribution in [-0.2, 0) is 6.54 Å². The molecule has 1 heterocycles. The molecule has 0 unspecified atom stereocenters. The van der Waals surface area contributed by atoms with Crippen molar-refractivity contribution in [3.8, 4) is 11.3 Å². The van der Waals surface area contributed by atoms with Crippen LogP contribution >= 0.6 is 23.2 Å². The van der Waals surface area contributed by atoms with Crippen LogP contribution in [0.1, 0.15) is 0 Å². The minimum Gasteiger partial charge on any atom is -0.395 e. The number of aliphatic hydroxyl groups excluding tert-OH is 1. The van der Waals surface area contributed by atoms with E-state index in [0.717, 1.165) is 11.3 Å². The summed E-state index contributed by atoms with van der Waals surface area (Å²) in [6.45, 7) is 0.613. The summed E-state index contributed by atoms with van der Waals surface area (Å²) in [5, 5.41) is 9.97. The molecule has 2 aromatic rings. The Morgan fingerprint density at radius 3 is 2.81 bits per heavy atom. The largest absolute Gasteiger partial charge is 0.395 e. The topological polar surface area (TPSA) is 38.0 Å². The van der Waals surface area contributed by atoms with Crippen molar-refractivity contribution < 1.29 is 5.11 Å². The highest BCUT2D eigenvalue weighted by atomic mass is 35.5. The van der Waals surface area contributed by atoms with Gasteiger partial charge in [0, 0.05) is 23.3 Å². The molecule has 0 amide bonds. The third-order valence-corrected chi connectivity index (χ3v) is 2.75.